The first-order valence-corrected chi connectivity index (χ1v) is 11.2. The Morgan fingerprint density at radius 3 is 2.21 bits per heavy atom. The molecule has 0 N–H and O–H groups in total. The fraction of sp³-hybridized carbons (Fsp3) is 0.577. The Hall–Kier alpha value is -1.88. The molecule has 2 heteroatoms. The van der Waals surface area contributed by atoms with Gasteiger partial charge in [-0.2, -0.15) is 9.65 Å². The van der Waals surface area contributed by atoms with Crippen LogP contribution in [0.2, 0.25) is 0 Å². The fourth-order valence-corrected chi connectivity index (χ4v) is 4.35. The molecule has 1 nitrogen and oxygen atoms in total. The van der Waals surface area contributed by atoms with Crippen LogP contribution >= 0.6 is 0 Å². The first-order chi connectivity index (χ1) is 13.7. The van der Waals surface area contributed by atoms with Gasteiger partial charge in [-0.15, -0.1) is 0 Å². The van der Waals surface area contributed by atoms with Crippen molar-refractivity contribution in [2.24, 2.45) is 11.8 Å². The van der Waals surface area contributed by atoms with E-state index in [1.165, 1.54) is 93.9 Å². The molecule has 0 saturated heterocycles. The number of rotatable bonds is 11. The molecule has 0 atom stereocenters. The number of aryl methyl sites for hydroxylation is 2. The Bertz CT molecular complexity index is 642. The summed E-state index contributed by atoms with van der Waals surface area (Å²) >= 11 is 0. The zero-order valence-corrected chi connectivity index (χ0v) is 17.5. The van der Waals surface area contributed by atoms with Crippen molar-refractivity contribution in [3.63, 3.8) is 0 Å². The minimum Gasteiger partial charge on any atom is -0.195 e. The van der Waals surface area contributed by atoms with E-state index in [1.807, 2.05) is 6.08 Å². The van der Waals surface area contributed by atoms with Gasteiger partial charge in [0.15, 0.2) is 5.83 Å². The summed E-state index contributed by atoms with van der Waals surface area (Å²) in [5, 5.41) is 8.36. The molecule has 1 aliphatic rings. The van der Waals surface area contributed by atoms with Gasteiger partial charge in [0.05, 0.1) is 0 Å². The molecule has 1 saturated carbocycles. The molecular formula is C26H36FN. The van der Waals surface area contributed by atoms with Crippen molar-refractivity contribution in [1.29, 1.82) is 5.26 Å². The Morgan fingerprint density at radius 2 is 1.61 bits per heavy atom. The highest BCUT2D eigenvalue weighted by Crippen LogP contribution is 2.34. The zero-order chi connectivity index (χ0) is 20.0. The van der Waals surface area contributed by atoms with E-state index in [9.17, 15) is 4.39 Å². The summed E-state index contributed by atoms with van der Waals surface area (Å²) in [6, 6.07) is 10.7. The molecular weight excluding hydrogens is 345 g/mol. The number of hydrogen-bond acceptors (Lipinski definition) is 1. The molecule has 28 heavy (non-hydrogen) atoms. The van der Waals surface area contributed by atoms with Crippen molar-refractivity contribution >= 4 is 0 Å². The summed E-state index contributed by atoms with van der Waals surface area (Å²) in [5.74, 6) is 1.03. The zero-order valence-electron chi connectivity index (χ0n) is 17.5. The lowest BCUT2D eigenvalue weighted by Crippen LogP contribution is -2.14. The molecule has 1 aromatic rings. The molecule has 152 valence electrons. The van der Waals surface area contributed by atoms with Gasteiger partial charge in [0.2, 0.25) is 0 Å². The predicted octanol–water partition coefficient (Wildman–Crippen LogP) is 7.87. The van der Waals surface area contributed by atoms with Crippen molar-refractivity contribution in [2.75, 3.05) is 0 Å². The molecule has 2 rings (SSSR count). The fourth-order valence-electron chi connectivity index (χ4n) is 4.35. The van der Waals surface area contributed by atoms with Crippen molar-refractivity contribution in [1.82, 2.24) is 0 Å². The van der Waals surface area contributed by atoms with E-state index in [2.05, 4.69) is 31.2 Å². The highest BCUT2D eigenvalue weighted by Gasteiger charge is 2.20. The smallest absolute Gasteiger partial charge is 0.195 e. The van der Waals surface area contributed by atoms with E-state index < -0.39 is 5.83 Å². The topological polar surface area (TPSA) is 23.8 Å². The lowest BCUT2D eigenvalue weighted by atomic mass is 9.78. The van der Waals surface area contributed by atoms with Crippen LogP contribution in [0.3, 0.4) is 0 Å². The lowest BCUT2D eigenvalue weighted by Gasteiger charge is -2.28. The molecule has 1 fully saturated rings. The second kappa shape index (κ2) is 13.3. The number of allylic oxidation sites excluding steroid dienone is 4. The number of hydrogen-bond donors (Lipinski definition) is 0. The molecule has 1 aliphatic carbocycles. The molecule has 0 radical (unpaired) electrons. The monoisotopic (exact) mass is 381 g/mol. The van der Waals surface area contributed by atoms with E-state index in [-0.39, 0.29) is 0 Å². The normalized spacial score (nSPS) is 20.4. The summed E-state index contributed by atoms with van der Waals surface area (Å²) in [6.45, 7) is 2.23. The Morgan fingerprint density at radius 1 is 1.00 bits per heavy atom. The Labute approximate surface area is 171 Å². The van der Waals surface area contributed by atoms with Gasteiger partial charge in [0, 0.05) is 0 Å². The van der Waals surface area contributed by atoms with Crippen LogP contribution < -0.4 is 0 Å². The summed E-state index contributed by atoms with van der Waals surface area (Å²) in [5.41, 5.74) is 2.95. The quantitative estimate of drug-likeness (QED) is 0.217. The number of nitriles is 1. The summed E-state index contributed by atoms with van der Waals surface area (Å²) < 4.78 is 12.7. The van der Waals surface area contributed by atoms with Crippen LogP contribution in [0, 0.1) is 23.2 Å². The van der Waals surface area contributed by atoms with Gasteiger partial charge in [0.1, 0.15) is 6.07 Å². The van der Waals surface area contributed by atoms with Gasteiger partial charge in [-0.1, -0.05) is 88.3 Å². The van der Waals surface area contributed by atoms with Gasteiger partial charge >= 0.3 is 0 Å². The third-order valence-corrected chi connectivity index (χ3v) is 6.08. The van der Waals surface area contributed by atoms with Crippen LogP contribution in [-0.4, -0.2) is 0 Å². The highest BCUT2D eigenvalue weighted by molar-refractivity contribution is 5.22. The van der Waals surface area contributed by atoms with Crippen LogP contribution in [0.25, 0.3) is 0 Å². The number of benzene rings is 1. The molecule has 0 unspecified atom stereocenters. The summed E-state index contributed by atoms with van der Waals surface area (Å²) in [4.78, 5) is 0. The standard InChI is InChI=1S/C26H36FN/c1-2-8-22-13-15-24(16-14-22)10-6-7-11-25-19-17-23(18-20-25)9-4-3-5-12-26(27)21-28/h3,5,12-16,23,25H,2,4,6-11,17-20H2,1H3. The van der Waals surface area contributed by atoms with E-state index >= 15 is 0 Å². The van der Waals surface area contributed by atoms with E-state index in [1.54, 1.807) is 6.08 Å². The summed E-state index contributed by atoms with van der Waals surface area (Å²) in [7, 11) is 0. The highest BCUT2D eigenvalue weighted by atomic mass is 19.1. The van der Waals surface area contributed by atoms with Gasteiger partial charge < -0.3 is 0 Å². The minimum absolute atomic E-state index is 0.717. The second-order valence-electron chi connectivity index (χ2n) is 8.33. The van der Waals surface area contributed by atoms with Crippen LogP contribution in [0.15, 0.2) is 48.3 Å². The predicted molar refractivity (Wildman–Crippen MR) is 117 cm³/mol. The van der Waals surface area contributed by atoms with Crippen LogP contribution in [-0.2, 0) is 12.8 Å². The third kappa shape index (κ3) is 8.87. The maximum absolute atomic E-state index is 12.7. The van der Waals surface area contributed by atoms with Gasteiger partial charge in [-0.05, 0) is 61.1 Å². The molecule has 0 aromatic heterocycles. The van der Waals surface area contributed by atoms with E-state index in [0.717, 1.165) is 18.3 Å². The molecule has 1 aromatic carbocycles. The number of halogens is 1. The Balaban J connectivity index is 1.53. The van der Waals surface area contributed by atoms with Crippen molar-refractivity contribution in [2.45, 2.75) is 84.0 Å². The largest absolute Gasteiger partial charge is 0.199 e. The van der Waals surface area contributed by atoms with Crippen molar-refractivity contribution < 1.29 is 4.39 Å². The first kappa shape index (κ1) is 22.4. The van der Waals surface area contributed by atoms with E-state index in [0.29, 0.717) is 0 Å². The van der Waals surface area contributed by atoms with Crippen molar-refractivity contribution in [3.8, 4) is 6.07 Å². The minimum atomic E-state index is -0.717. The second-order valence-corrected chi connectivity index (χ2v) is 8.33. The number of nitrogens with zero attached hydrogens (tertiary/aromatic N) is 1. The molecule has 0 spiro atoms. The SMILES string of the molecule is CCCc1ccc(CCCCC2CCC(CCC=CC=C(F)C#N)CC2)cc1. The number of unbranched alkanes of at least 4 members (excludes halogenated alkanes) is 1. The lowest BCUT2D eigenvalue weighted by molar-refractivity contribution is 0.250. The van der Waals surface area contributed by atoms with Crippen LogP contribution in [0.5, 0.6) is 0 Å². The van der Waals surface area contributed by atoms with Crippen LogP contribution in [0.4, 0.5) is 4.39 Å². The van der Waals surface area contributed by atoms with Gasteiger partial charge in [-0.25, -0.2) is 0 Å². The van der Waals surface area contributed by atoms with Crippen LogP contribution in [0.1, 0.15) is 82.3 Å². The van der Waals surface area contributed by atoms with Gasteiger partial charge in [0.25, 0.3) is 0 Å². The third-order valence-electron chi connectivity index (χ3n) is 6.08. The van der Waals surface area contributed by atoms with E-state index in [4.69, 9.17) is 5.26 Å². The Kier molecular flexibility index (Phi) is 10.7. The maximum Gasteiger partial charge on any atom is 0.199 e. The van der Waals surface area contributed by atoms with Gasteiger partial charge in [-0.3, -0.25) is 0 Å². The molecule has 0 amide bonds. The molecule has 0 aliphatic heterocycles. The van der Waals surface area contributed by atoms with Crippen molar-refractivity contribution in [3.05, 3.63) is 59.4 Å². The average Bonchev–Trinajstić information content (AvgIpc) is 2.73. The maximum atomic E-state index is 12.7. The average molecular weight is 382 g/mol. The first-order valence-electron chi connectivity index (χ1n) is 11.2. The molecule has 0 heterocycles. The summed E-state index contributed by atoms with van der Waals surface area (Å²) in [6.07, 6.45) is 20.2. The molecule has 0 bridgehead atoms.